The first kappa shape index (κ1) is 16.6. The summed E-state index contributed by atoms with van der Waals surface area (Å²) in [5, 5.41) is 3.45. The number of benzene rings is 1. The van der Waals surface area contributed by atoms with Gasteiger partial charge in [-0.05, 0) is 43.5 Å². The average molecular weight is 330 g/mol. The highest BCUT2D eigenvalue weighted by Crippen LogP contribution is 2.17. The largest absolute Gasteiger partial charge is 0.382 e. The van der Waals surface area contributed by atoms with Gasteiger partial charge in [-0.1, -0.05) is 28.1 Å². The number of hydrogen-bond donors (Lipinski definition) is 1. The Hall–Kier alpha value is -0.420. The molecule has 1 aromatic rings. The summed E-state index contributed by atoms with van der Waals surface area (Å²) in [5.74, 6) is 0. The minimum absolute atomic E-state index is 0.681. The predicted octanol–water partition coefficient (Wildman–Crippen LogP) is 3.29. The number of aryl methyl sites for hydroxylation is 1. The van der Waals surface area contributed by atoms with Crippen molar-refractivity contribution in [2.75, 3.05) is 33.5 Å². The van der Waals surface area contributed by atoms with E-state index in [1.807, 2.05) is 0 Å². The highest BCUT2D eigenvalue weighted by atomic mass is 79.9. The Balaban J connectivity index is 2.00. The second kappa shape index (κ2) is 10.4. The summed E-state index contributed by atoms with van der Waals surface area (Å²) in [6.45, 7) is 6.25. The standard InChI is InChI=1S/C15H24BrNO2/c1-13-5-6-14(11-15(13)16)12-17-7-3-4-8-19-10-9-18-2/h5-6,11,17H,3-4,7-10,12H2,1-2H3. The second-order valence-corrected chi connectivity index (χ2v) is 5.43. The van der Waals surface area contributed by atoms with Crippen molar-refractivity contribution in [2.24, 2.45) is 0 Å². The van der Waals surface area contributed by atoms with Crippen molar-refractivity contribution in [3.8, 4) is 0 Å². The average Bonchev–Trinajstić information content (AvgIpc) is 2.41. The molecule has 0 aliphatic rings. The van der Waals surface area contributed by atoms with Gasteiger partial charge in [0.25, 0.3) is 0 Å². The van der Waals surface area contributed by atoms with Crippen LogP contribution in [0.1, 0.15) is 24.0 Å². The van der Waals surface area contributed by atoms with Gasteiger partial charge in [0, 0.05) is 24.7 Å². The SMILES string of the molecule is COCCOCCCCNCc1ccc(C)c(Br)c1. The molecule has 0 saturated heterocycles. The zero-order chi connectivity index (χ0) is 13.9. The second-order valence-electron chi connectivity index (χ2n) is 4.57. The van der Waals surface area contributed by atoms with Crippen LogP contribution < -0.4 is 5.32 Å². The molecule has 4 heteroatoms. The lowest BCUT2D eigenvalue weighted by Gasteiger charge is -2.07. The first-order valence-electron chi connectivity index (χ1n) is 6.76. The monoisotopic (exact) mass is 329 g/mol. The maximum absolute atomic E-state index is 5.41. The van der Waals surface area contributed by atoms with Crippen LogP contribution in [0.2, 0.25) is 0 Å². The molecule has 1 rings (SSSR count). The van der Waals surface area contributed by atoms with E-state index in [0.29, 0.717) is 13.2 Å². The van der Waals surface area contributed by atoms with E-state index in [1.54, 1.807) is 7.11 Å². The molecule has 0 amide bonds. The lowest BCUT2D eigenvalue weighted by atomic mass is 10.1. The van der Waals surface area contributed by atoms with E-state index in [0.717, 1.165) is 32.5 Å². The number of hydrogen-bond acceptors (Lipinski definition) is 3. The normalized spacial score (nSPS) is 10.9. The van der Waals surface area contributed by atoms with E-state index in [2.05, 4.69) is 46.4 Å². The Morgan fingerprint density at radius 3 is 2.74 bits per heavy atom. The van der Waals surface area contributed by atoms with E-state index < -0.39 is 0 Å². The zero-order valence-electron chi connectivity index (χ0n) is 11.9. The molecule has 3 nitrogen and oxygen atoms in total. The molecule has 0 saturated carbocycles. The molecule has 0 fully saturated rings. The van der Waals surface area contributed by atoms with Crippen LogP contribution in [0.25, 0.3) is 0 Å². The van der Waals surface area contributed by atoms with Crippen LogP contribution >= 0.6 is 15.9 Å². The lowest BCUT2D eigenvalue weighted by molar-refractivity contribution is 0.0688. The van der Waals surface area contributed by atoms with Gasteiger partial charge >= 0.3 is 0 Å². The van der Waals surface area contributed by atoms with Gasteiger partial charge in [0.1, 0.15) is 0 Å². The van der Waals surface area contributed by atoms with Gasteiger partial charge in [-0.2, -0.15) is 0 Å². The smallest absolute Gasteiger partial charge is 0.0700 e. The Bertz CT molecular complexity index is 358. The first-order valence-corrected chi connectivity index (χ1v) is 7.55. The van der Waals surface area contributed by atoms with Crippen LogP contribution in [-0.4, -0.2) is 33.5 Å². The Morgan fingerprint density at radius 2 is 2.00 bits per heavy atom. The Labute approximate surface area is 124 Å². The van der Waals surface area contributed by atoms with Gasteiger partial charge in [-0.25, -0.2) is 0 Å². The molecular formula is C15H24BrNO2. The van der Waals surface area contributed by atoms with Gasteiger partial charge in [0.05, 0.1) is 13.2 Å². The maximum Gasteiger partial charge on any atom is 0.0700 e. The molecule has 0 unspecified atom stereocenters. The number of unbranched alkanes of at least 4 members (excludes halogenated alkanes) is 1. The van der Waals surface area contributed by atoms with Gasteiger partial charge in [-0.3, -0.25) is 0 Å². The number of rotatable bonds is 10. The molecule has 0 atom stereocenters. The topological polar surface area (TPSA) is 30.5 Å². The summed E-state index contributed by atoms with van der Waals surface area (Å²) in [4.78, 5) is 0. The zero-order valence-corrected chi connectivity index (χ0v) is 13.5. The third-order valence-corrected chi connectivity index (χ3v) is 3.74. The van der Waals surface area contributed by atoms with Gasteiger partial charge in [0.2, 0.25) is 0 Å². The molecule has 19 heavy (non-hydrogen) atoms. The maximum atomic E-state index is 5.41. The molecule has 1 N–H and O–H groups in total. The first-order chi connectivity index (χ1) is 9.24. The van der Waals surface area contributed by atoms with E-state index in [4.69, 9.17) is 9.47 Å². The van der Waals surface area contributed by atoms with Crippen LogP contribution in [0.5, 0.6) is 0 Å². The van der Waals surface area contributed by atoms with Crippen molar-refractivity contribution >= 4 is 15.9 Å². The number of ether oxygens (including phenoxy) is 2. The minimum atomic E-state index is 0.681. The lowest BCUT2D eigenvalue weighted by Crippen LogP contribution is -2.15. The summed E-state index contributed by atoms with van der Waals surface area (Å²) in [7, 11) is 1.69. The van der Waals surface area contributed by atoms with Crippen molar-refractivity contribution in [3.05, 3.63) is 33.8 Å². The molecule has 0 aromatic heterocycles. The van der Waals surface area contributed by atoms with E-state index >= 15 is 0 Å². The third-order valence-electron chi connectivity index (χ3n) is 2.89. The van der Waals surface area contributed by atoms with Crippen LogP contribution in [0.15, 0.2) is 22.7 Å². The van der Waals surface area contributed by atoms with E-state index in [1.165, 1.54) is 15.6 Å². The summed E-state index contributed by atoms with van der Waals surface area (Å²) in [6, 6.07) is 6.49. The molecule has 0 aliphatic heterocycles. The van der Waals surface area contributed by atoms with Crippen molar-refractivity contribution in [1.29, 1.82) is 0 Å². The molecule has 0 radical (unpaired) electrons. The molecule has 0 aliphatic carbocycles. The molecule has 1 aromatic carbocycles. The minimum Gasteiger partial charge on any atom is -0.382 e. The molecule has 0 spiro atoms. The van der Waals surface area contributed by atoms with Crippen LogP contribution in [0.3, 0.4) is 0 Å². The van der Waals surface area contributed by atoms with Crippen molar-refractivity contribution in [2.45, 2.75) is 26.3 Å². The van der Waals surface area contributed by atoms with Crippen molar-refractivity contribution in [3.63, 3.8) is 0 Å². The van der Waals surface area contributed by atoms with Crippen molar-refractivity contribution in [1.82, 2.24) is 5.32 Å². The van der Waals surface area contributed by atoms with E-state index in [9.17, 15) is 0 Å². The fourth-order valence-electron chi connectivity index (χ4n) is 1.68. The predicted molar refractivity (Wildman–Crippen MR) is 82.5 cm³/mol. The molecule has 0 heterocycles. The Kier molecular flexibility index (Phi) is 9.08. The van der Waals surface area contributed by atoms with Crippen molar-refractivity contribution < 1.29 is 9.47 Å². The molecule has 0 bridgehead atoms. The van der Waals surface area contributed by atoms with Gasteiger partial charge in [0.15, 0.2) is 0 Å². The Morgan fingerprint density at radius 1 is 1.16 bits per heavy atom. The quantitative estimate of drug-likeness (QED) is 0.668. The fraction of sp³-hybridized carbons (Fsp3) is 0.600. The van der Waals surface area contributed by atoms with E-state index in [-0.39, 0.29) is 0 Å². The number of methoxy groups -OCH3 is 1. The highest BCUT2D eigenvalue weighted by Gasteiger charge is 1.97. The number of nitrogens with one attached hydrogen (secondary N) is 1. The highest BCUT2D eigenvalue weighted by molar-refractivity contribution is 9.10. The summed E-state index contributed by atoms with van der Waals surface area (Å²) >= 11 is 3.56. The third kappa shape index (κ3) is 7.67. The van der Waals surface area contributed by atoms with Crippen LogP contribution in [-0.2, 0) is 16.0 Å². The number of halogens is 1. The van der Waals surface area contributed by atoms with Gasteiger partial charge in [-0.15, -0.1) is 0 Å². The van der Waals surface area contributed by atoms with Gasteiger partial charge < -0.3 is 14.8 Å². The summed E-state index contributed by atoms with van der Waals surface area (Å²) in [5.41, 5.74) is 2.59. The molecular weight excluding hydrogens is 306 g/mol. The summed E-state index contributed by atoms with van der Waals surface area (Å²) < 4.78 is 11.5. The fourth-order valence-corrected chi connectivity index (χ4v) is 2.10. The molecule has 108 valence electrons. The van der Waals surface area contributed by atoms with Crippen LogP contribution in [0, 0.1) is 6.92 Å². The summed E-state index contributed by atoms with van der Waals surface area (Å²) in [6.07, 6.45) is 2.23. The van der Waals surface area contributed by atoms with Crippen LogP contribution in [0.4, 0.5) is 0 Å².